The van der Waals surface area contributed by atoms with Gasteiger partial charge in [0.2, 0.25) is 0 Å². The molecule has 0 saturated heterocycles. The maximum absolute atomic E-state index is 5.86. The summed E-state index contributed by atoms with van der Waals surface area (Å²) in [6, 6.07) is 2.07. The van der Waals surface area contributed by atoms with Crippen molar-refractivity contribution < 1.29 is 0 Å². The summed E-state index contributed by atoms with van der Waals surface area (Å²) in [5.41, 5.74) is 7.97. The quantitative estimate of drug-likeness (QED) is 0.759. The van der Waals surface area contributed by atoms with Crippen molar-refractivity contribution in [2.45, 2.75) is 32.1 Å². The number of anilines is 1. The van der Waals surface area contributed by atoms with E-state index in [4.69, 9.17) is 17.3 Å². The number of aromatic nitrogens is 1. The Morgan fingerprint density at radius 1 is 1.62 bits per heavy atom. The van der Waals surface area contributed by atoms with E-state index in [1.807, 2.05) is 13.8 Å². The second kappa shape index (κ2) is 4.47. The molecule has 0 amide bonds. The molecule has 1 atom stereocenters. The zero-order valence-electron chi connectivity index (χ0n) is 8.05. The summed E-state index contributed by atoms with van der Waals surface area (Å²) >= 11 is 5.86. The van der Waals surface area contributed by atoms with E-state index in [2.05, 4.69) is 11.1 Å². The minimum Gasteiger partial charge on any atom is -0.383 e. The normalized spacial score (nSPS) is 12.8. The Labute approximate surface area is 84.1 Å². The van der Waals surface area contributed by atoms with E-state index in [-0.39, 0.29) is 5.38 Å². The topological polar surface area (TPSA) is 38.9 Å². The van der Waals surface area contributed by atoms with Gasteiger partial charge in [-0.05, 0) is 37.8 Å². The molecule has 72 valence electrons. The van der Waals surface area contributed by atoms with Gasteiger partial charge in [-0.25, -0.2) is 4.98 Å². The molecule has 0 aliphatic heterocycles. The summed E-state index contributed by atoms with van der Waals surface area (Å²) in [6.07, 6.45) is 3.63. The minimum atomic E-state index is 0.194. The molecule has 2 nitrogen and oxygen atoms in total. The lowest BCUT2D eigenvalue weighted by molar-refractivity contribution is 0.801. The first-order chi connectivity index (χ1) is 6.09. The second-order valence-corrected chi connectivity index (χ2v) is 4.12. The van der Waals surface area contributed by atoms with Crippen LogP contribution in [0.3, 0.4) is 0 Å². The monoisotopic (exact) mass is 198 g/mol. The Hall–Kier alpha value is -0.760. The number of rotatable bonds is 3. The van der Waals surface area contributed by atoms with Gasteiger partial charge in [0.05, 0.1) is 0 Å². The third-order valence-electron chi connectivity index (χ3n) is 1.95. The molecule has 1 heterocycles. The summed E-state index contributed by atoms with van der Waals surface area (Å²) < 4.78 is 0. The highest BCUT2D eigenvalue weighted by Crippen LogP contribution is 2.14. The number of nitrogens with zero attached hydrogens (tertiary/aromatic N) is 1. The molecule has 0 radical (unpaired) electrons. The van der Waals surface area contributed by atoms with E-state index in [1.54, 1.807) is 6.20 Å². The molecule has 0 aliphatic carbocycles. The van der Waals surface area contributed by atoms with E-state index >= 15 is 0 Å². The van der Waals surface area contributed by atoms with Gasteiger partial charge in [-0.1, -0.05) is 6.07 Å². The molecule has 0 aromatic carbocycles. The summed E-state index contributed by atoms with van der Waals surface area (Å²) in [5.74, 6) is 0.628. The molecule has 0 bridgehead atoms. The molecule has 0 fully saturated rings. The van der Waals surface area contributed by atoms with Gasteiger partial charge in [0, 0.05) is 11.6 Å². The predicted molar refractivity (Wildman–Crippen MR) is 57.0 cm³/mol. The van der Waals surface area contributed by atoms with Crippen molar-refractivity contribution in [2.75, 3.05) is 5.73 Å². The Morgan fingerprint density at radius 2 is 2.31 bits per heavy atom. The summed E-state index contributed by atoms with van der Waals surface area (Å²) in [5, 5.41) is 0.194. The van der Waals surface area contributed by atoms with E-state index < -0.39 is 0 Å². The van der Waals surface area contributed by atoms with Crippen LogP contribution in [0.15, 0.2) is 12.3 Å². The van der Waals surface area contributed by atoms with Gasteiger partial charge in [-0.2, -0.15) is 0 Å². The molecule has 1 unspecified atom stereocenters. The third kappa shape index (κ3) is 3.23. The SMILES string of the molecule is Cc1cnc(N)c(CCC(C)Cl)c1. The van der Waals surface area contributed by atoms with Crippen LogP contribution in [0.1, 0.15) is 24.5 Å². The van der Waals surface area contributed by atoms with Gasteiger partial charge in [0.25, 0.3) is 0 Å². The van der Waals surface area contributed by atoms with Crippen LogP contribution < -0.4 is 5.73 Å². The Balaban J connectivity index is 2.70. The molecule has 13 heavy (non-hydrogen) atoms. The number of aryl methyl sites for hydroxylation is 2. The summed E-state index contributed by atoms with van der Waals surface area (Å²) in [7, 11) is 0. The number of nitrogens with two attached hydrogens (primary N) is 1. The Morgan fingerprint density at radius 3 is 2.92 bits per heavy atom. The van der Waals surface area contributed by atoms with Crippen LogP contribution in [-0.4, -0.2) is 10.4 Å². The highest BCUT2D eigenvalue weighted by molar-refractivity contribution is 6.20. The first kappa shape index (κ1) is 10.3. The molecule has 0 saturated carbocycles. The maximum Gasteiger partial charge on any atom is 0.126 e. The zero-order chi connectivity index (χ0) is 9.84. The van der Waals surface area contributed by atoms with Crippen molar-refractivity contribution >= 4 is 17.4 Å². The van der Waals surface area contributed by atoms with Crippen molar-refractivity contribution in [3.63, 3.8) is 0 Å². The lowest BCUT2D eigenvalue weighted by Gasteiger charge is -2.06. The fourth-order valence-electron chi connectivity index (χ4n) is 1.19. The van der Waals surface area contributed by atoms with E-state index in [0.717, 1.165) is 24.0 Å². The van der Waals surface area contributed by atoms with Crippen LogP contribution in [0.5, 0.6) is 0 Å². The van der Waals surface area contributed by atoms with Gasteiger partial charge in [0.15, 0.2) is 0 Å². The van der Waals surface area contributed by atoms with Gasteiger partial charge < -0.3 is 5.73 Å². The molecule has 1 aromatic rings. The Bertz CT molecular complexity index is 284. The molecular formula is C10H15ClN2. The fraction of sp³-hybridized carbons (Fsp3) is 0.500. The average Bonchev–Trinajstić information content (AvgIpc) is 2.06. The number of halogens is 1. The fourth-order valence-corrected chi connectivity index (χ4v) is 1.30. The number of nitrogen functional groups attached to an aromatic ring is 1. The average molecular weight is 199 g/mol. The van der Waals surface area contributed by atoms with Gasteiger partial charge in [-0.3, -0.25) is 0 Å². The van der Waals surface area contributed by atoms with Crippen molar-refractivity contribution in [1.29, 1.82) is 0 Å². The van der Waals surface area contributed by atoms with Crippen LogP contribution in [0.2, 0.25) is 0 Å². The van der Waals surface area contributed by atoms with Gasteiger partial charge >= 0.3 is 0 Å². The van der Waals surface area contributed by atoms with Crippen LogP contribution >= 0.6 is 11.6 Å². The maximum atomic E-state index is 5.86. The lowest BCUT2D eigenvalue weighted by Crippen LogP contribution is -2.01. The predicted octanol–water partition coefficient (Wildman–Crippen LogP) is 2.53. The van der Waals surface area contributed by atoms with Crippen LogP contribution in [-0.2, 0) is 6.42 Å². The highest BCUT2D eigenvalue weighted by Gasteiger charge is 2.03. The Kier molecular flexibility index (Phi) is 3.55. The second-order valence-electron chi connectivity index (χ2n) is 3.38. The largest absolute Gasteiger partial charge is 0.383 e. The van der Waals surface area contributed by atoms with Crippen LogP contribution in [0.25, 0.3) is 0 Å². The smallest absolute Gasteiger partial charge is 0.126 e. The first-order valence-electron chi connectivity index (χ1n) is 4.44. The zero-order valence-corrected chi connectivity index (χ0v) is 8.80. The van der Waals surface area contributed by atoms with Crippen LogP contribution in [0.4, 0.5) is 5.82 Å². The lowest BCUT2D eigenvalue weighted by atomic mass is 10.1. The molecule has 0 spiro atoms. The first-order valence-corrected chi connectivity index (χ1v) is 4.88. The molecule has 2 N–H and O–H groups in total. The van der Waals surface area contributed by atoms with Crippen LogP contribution in [0, 0.1) is 6.92 Å². The molecule has 1 aromatic heterocycles. The number of alkyl halides is 1. The third-order valence-corrected chi connectivity index (χ3v) is 2.17. The number of pyridine rings is 1. The van der Waals surface area contributed by atoms with E-state index in [0.29, 0.717) is 5.82 Å². The molecule has 1 rings (SSSR count). The van der Waals surface area contributed by atoms with Crippen molar-refractivity contribution in [1.82, 2.24) is 4.98 Å². The molecule has 0 aliphatic rings. The van der Waals surface area contributed by atoms with Crippen molar-refractivity contribution in [3.05, 3.63) is 23.4 Å². The van der Waals surface area contributed by atoms with Crippen molar-refractivity contribution in [2.24, 2.45) is 0 Å². The number of hydrogen-bond acceptors (Lipinski definition) is 2. The number of hydrogen-bond donors (Lipinski definition) is 1. The molecule has 3 heteroatoms. The van der Waals surface area contributed by atoms with E-state index in [9.17, 15) is 0 Å². The molecular weight excluding hydrogens is 184 g/mol. The van der Waals surface area contributed by atoms with Crippen molar-refractivity contribution in [3.8, 4) is 0 Å². The standard InChI is InChI=1S/C10H15ClN2/c1-7-5-9(4-3-8(2)11)10(12)13-6-7/h5-6,8H,3-4H2,1-2H3,(H2,12,13). The highest BCUT2D eigenvalue weighted by atomic mass is 35.5. The van der Waals surface area contributed by atoms with Gasteiger partial charge in [-0.15, -0.1) is 11.6 Å². The minimum absolute atomic E-state index is 0.194. The summed E-state index contributed by atoms with van der Waals surface area (Å²) in [6.45, 7) is 4.00. The van der Waals surface area contributed by atoms with Gasteiger partial charge in [0.1, 0.15) is 5.82 Å². The van der Waals surface area contributed by atoms with E-state index in [1.165, 1.54) is 0 Å². The summed E-state index contributed by atoms with van der Waals surface area (Å²) in [4.78, 5) is 4.09.